The fourth-order valence-electron chi connectivity index (χ4n) is 2.09. The lowest BCUT2D eigenvalue weighted by Crippen LogP contribution is -2.25. The van der Waals surface area contributed by atoms with Gasteiger partial charge in [-0.05, 0) is 19.3 Å². The molecular weight excluding hydrogens is 338 g/mol. The molecule has 1 saturated carbocycles. The highest BCUT2D eigenvalue weighted by Gasteiger charge is 2.22. The molecule has 1 aliphatic carbocycles. The third-order valence-electron chi connectivity index (χ3n) is 3.76. The van der Waals surface area contributed by atoms with Crippen LogP contribution in [0.15, 0.2) is 0 Å². The second-order valence-electron chi connectivity index (χ2n) is 6.10. The van der Waals surface area contributed by atoms with E-state index in [2.05, 4.69) is 30.9 Å². The molecule has 0 aromatic carbocycles. The Morgan fingerprint density at radius 2 is 1.77 bits per heavy atom. The minimum Gasteiger partial charge on any atom is -0.394 e. The zero-order chi connectivity index (χ0) is 18.6. The molecule has 1 fully saturated rings. The number of anilines is 3. The smallest absolute Gasteiger partial charge is 0.229 e. The van der Waals surface area contributed by atoms with Crippen molar-refractivity contribution in [1.82, 2.24) is 15.0 Å². The Labute approximate surface area is 154 Å². The molecule has 0 radical (unpaired) electrons. The molecule has 10 nitrogen and oxygen atoms in total. The zero-order valence-corrected chi connectivity index (χ0v) is 15.4. The van der Waals surface area contributed by atoms with Crippen LogP contribution in [0.4, 0.5) is 17.8 Å². The van der Waals surface area contributed by atoms with Crippen molar-refractivity contribution in [1.29, 1.82) is 0 Å². The van der Waals surface area contributed by atoms with E-state index in [0.29, 0.717) is 63.4 Å². The summed E-state index contributed by atoms with van der Waals surface area (Å²) in [6, 6.07) is 0.352. The van der Waals surface area contributed by atoms with Gasteiger partial charge in [0.15, 0.2) is 0 Å². The molecule has 1 aromatic rings. The van der Waals surface area contributed by atoms with E-state index in [-0.39, 0.29) is 12.6 Å². The van der Waals surface area contributed by atoms with Gasteiger partial charge >= 0.3 is 0 Å². The van der Waals surface area contributed by atoms with Gasteiger partial charge in [0.05, 0.1) is 39.1 Å². The van der Waals surface area contributed by atoms with Crippen LogP contribution in [0.1, 0.15) is 26.2 Å². The lowest BCUT2D eigenvalue weighted by atomic mass is 10.2. The van der Waals surface area contributed by atoms with E-state index in [1.54, 1.807) is 0 Å². The Kier molecular flexibility index (Phi) is 9.32. The zero-order valence-electron chi connectivity index (χ0n) is 15.4. The van der Waals surface area contributed by atoms with Gasteiger partial charge in [-0.15, -0.1) is 0 Å². The molecule has 1 heterocycles. The highest BCUT2D eigenvalue weighted by molar-refractivity contribution is 5.43. The van der Waals surface area contributed by atoms with Gasteiger partial charge in [-0.2, -0.15) is 15.0 Å². The molecule has 26 heavy (non-hydrogen) atoms. The summed E-state index contributed by atoms with van der Waals surface area (Å²) in [5.41, 5.74) is 5.34. The van der Waals surface area contributed by atoms with Crippen LogP contribution >= 0.6 is 0 Å². The molecule has 1 aromatic heterocycles. The Hall–Kier alpha value is -1.75. The van der Waals surface area contributed by atoms with Crippen molar-refractivity contribution >= 4 is 17.8 Å². The van der Waals surface area contributed by atoms with Crippen LogP contribution in [0.5, 0.6) is 0 Å². The first-order valence-electron chi connectivity index (χ1n) is 9.24. The first kappa shape index (κ1) is 20.6. The summed E-state index contributed by atoms with van der Waals surface area (Å²) in [6.45, 7) is 5.22. The van der Waals surface area contributed by atoms with E-state index in [4.69, 9.17) is 15.2 Å². The molecule has 148 valence electrons. The number of hydrogen-bond acceptors (Lipinski definition) is 10. The number of ether oxygens (including phenoxy) is 2. The second kappa shape index (κ2) is 11.8. The quantitative estimate of drug-likeness (QED) is 0.269. The first-order chi connectivity index (χ1) is 12.7. The lowest BCUT2D eigenvalue weighted by Gasteiger charge is -2.15. The summed E-state index contributed by atoms with van der Waals surface area (Å²) < 4.78 is 10.7. The highest BCUT2D eigenvalue weighted by atomic mass is 16.5. The standard InChI is InChI=1S/C16H31N7O3/c1-2-12(11-24)19-15-21-14(22-16(23-15)20-13-3-4-13)18-6-8-26-10-9-25-7-5-17/h12-13,24H,2-11,17H2,1H3,(H3,18,19,20,21,22,23)/t12-/m1/s1. The number of nitrogens with zero attached hydrogens (tertiary/aromatic N) is 3. The summed E-state index contributed by atoms with van der Waals surface area (Å²) in [4.78, 5) is 13.1. The molecule has 2 rings (SSSR count). The van der Waals surface area contributed by atoms with Gasteiger partial charge in [0, 0.05) is 19.1 Å². The molecule has 1 atom stereocenters. The molecule has 0 saturated heterocycles. The third-order valence-corrected chi connectivity index (χ3v) is 3.76. The molecule has 0 bridgehead atoms. The number of aliphatic hydroxyl groups is 1. The maximum atomic E-state index is 9.36. The van der Waals surface area contributed by atoms with Crippen molar-refractivity contribution in [3.63, 3.8) is 0 Å². The van der Waals surface area contributed by atoms with Crippen molar-refractivity contribution in [3.8, 4) is 0 Å². The van der Waals surface area contributed by atoms with Gasteiger partial charge in [-0.1, -0.05) is 6.92 Å². The molecule has 6 N–H and O–H groups in total. The molecule has 0 unspecified atom stereocenters. The van der Waals surface area contributed by atoms with Gasteiger partial charge in [0.1, 0.15) is 0 Å². The van der Waals surface area contributed by atoms with Crippen molar-refractivity contribution in [2.24, 2.45) is 5.73 Å². The summed E-state index contributed by atoms with van der Waals surface area (Å²) in [6.07, 6.45) is 3.04. The SMILES string of the molecule is CC[C@H](CO)Nc1nc(NCCOCCOCCN)nc(NC2CC2)n1. The summed E-state index contributed by atoms with van der Waals surface area (Å²) in [5, 5.41) is 18.9. The van der Waals surface area contributed by atoms with Gasteiger partial charge in [0.25, 0.3) is 0 Å². The van der Waals surface area contributed by atoms with Crippen LogP contribution in [0.3, 0.4) is 0 Å². The van der Waals surface area contributed by atoms with E-state index in [9.17, 15) is 5.11 Å². The topological polar surface area (TPSA) is 139 Å². The van der Waals surface area contributed by atoms with Crippen LogP contribution in [0.2, 0.25) is 0 Å². The van der Waals surface area contributed by atoms with E-state index in [0.717, 1.165) is 19.3 Å². The second-order valence-corrected chi connectivity index (χ2v) is 6.10. The Morgan fingerprint density at radius 3 is 2.42 bits per heavy atom. The van der Waals surface area contributed by atoms with Crippen LogP contribution in [0.25, 0.3) is 0 Å². The Balaban J connectivity index is 1.81. The van der Waals surface area contributed by atoms with Crippen molar-refractivity contribution in [3.05, 3.63) is 0 Å². The predicted molar refractivity (Wildman–Crippen MR) is 100 cm³/mol. The maximum absolute atomic E-state index is 9.36. The minimum absolute atomic E-state index is 0.0242. The number of nitrogens with one attached hydrogen (secondary N) is 3. The monoisotopic (exact) mass is 369 g/mol. The first-order valence-corrected chi connectivity index (χ1v) is 9.24. The van der Waals surface area contributed by atoms with Crippen molar-refractivity contribution in [2.45, 2.75) is 38.3 Å². The normalized spacial score (nSPS) is 14.9. The van der Waals surface area contributed by atoms with Gasteiger partial charge < -0.3 is 36.3 Å². The Bertz CT molecular complexity index is 513. The van der Waals surface area contributed by atoms with E-state index in [1.165, 1.54) is 0 Å². The predicted octanol–water partition coefficient (Wildman–Crippen LogP) is 0.0325. The van der Waals surface area contributed by atoms with Crippen molar-refractivity contribution < 1.29 is 14.6 Å². The number of rotatable bonds is 15. The maximum Gasteiger partial charge on any atom is 0.229 e. The average molecular weight is 369 g/mol. The summed E-state index contributed by atoms with van der Waals surface area (Å²) >= 11 is 0. The van der Waals surface area contributed by atoms with E-state index in [1.807, 2.05) is 6.92 Å². The average Bonchev–Trinajstić information content (AvgIpc) is 3.45. The summed E-state index contributed by atoms with van der Waals surface area (Å²) in [7, 11) is 0. The molecule has 0 aliphatic heterocycles. The molecule has 1 aliphatic rings. The fourth-order valence-corrected chi connectivity index (χ4v) is 2.09. The van der Waals surface area contributed by atoms with Gasteiger partial charge in [-0.25, -0.2) is 0 Å². The van der Waals surface area contributed by atoms with Gasteiger partial charge in [0.2, 0.25) is 17.8 Å². The highest BCUT2D eigenvalue weighted by Crippen LogP contribution is 2.23. The fraction of sp³-hybridized carbons (Fsp3) is 0.812. The number of aliphatic hydroxyl groups excluding tert-OH is 1. The summed E-state index contributed by atoms with van der Waals surface area (Å²) in [5.74, 6) is 1.46. The van der Waals surface area contributed by atoms with Crippen LogP contribution in [0, 0.1) is 0 Å². The minimum atomic E-state index is -0.0871. The van der Waals surface area contributed by atoms with Crippen molar-refractivity contribution in [2.75, 3.05) is 62.1 Å². The largest absolute Gasteiger partial charge is 0.394 e. The van der Waals surface area contributed by atoms with Gasteiger partial charge in [-0.3, -0.25) is 0 Å². The van der Waals surface area contributed by atoms with Crippen LogP contribution in [-0.2, 0) is 9.47 Å². The number of hydrogen-bond donors (Lipinski definition) is 5. The molecule has 10 heteroatoms. The third kappa shape index (κ3) is 8.09. The molecule has 0 amide bonds. The van der Waals surface area contributed by atoms with Crippen LogP contribution < -0.4 is 21.7 Å². The number of aromatic nitrogens is 3. The molecular formula is C16H31N7O3. The molecule has 0 spiro atoms. The van der Waals surface area contributed by atoms with E-state index >= 15 is 0 Å². The van der Waals surface area contributed by atoms with Crippen LogP contribution in [-0.4, -0.2) is 78.3 Å². The lowest BCUT2D eigenvalue weighted by molar-refractivity contribution is 0.0547. The Morgan fingerprint density at radius 1 is 1.08 bits per heavy atom. The van der Waals surface area contributed by atoms with E-state index < -0.39 is 0 Å². The number of nitrogens with two attached hydrogens (primary N) is 1.